The molecule has 2 rings (SSSR count). The molecular weight excluding hydrogens is 298 g/mol. The molecule has 23 heavy (non-hydrogen) atoms. The zero-order valence-corrected chi connectivity index (χ0v) is 13.3. The first-order chi connectivity index (χ1) is 11.0. The number of nitrogens with zero attached hydrogens (tertiary/aromatic N) is 3. The van der Waals surface area contributed by atoms with Crippen molar-refractivity contribution in [2.75, 3.05) is 6.61 Å². The molecule has 7 heteroatoms. The summed E-state index contributed by atoms with van der Waals surface area (Å²) < 4.78 is 6.87. The second-order valence-electron chi connectivity index (χ2n) is 5.52. The molecule has 2 atom stereocenters. The molecule has 0 radical (unpaired) electrons. The number of nitro groups is 1. The van der Waals surface area contributed by atoms with Crippen molar-refractivity contribution in [3.63, 3.8) is 0 Å². The molecule has 0 bridgehead atoms. The van der Waals surface area contributed by atoms with Gasteiger partial charge in [-0.25, -0.2) is 0 Å². The topological polar surface area (TPSA) is 90.4 Å². The lowest BCUT2D eigenvalue weighted by Gasteiger charge is -2.13. The summed E-state index contributed by atoms with van der Waals surface area (Å²) in [6.07, 6.45) is 2.71. The SMILES string of the molecule is CCC(C)c1ccc(OCC(O)Cn2cc([N+](=O)[O-])cn2)cc1. The summed E-state index contributed by atoms with van der Waals surface area (Å²) >= 11 is 0. The molecule has 0 fully saturated rings. The molecule has 0 aliphatic heterocycles. The zero-order chi connectivity index (χ0) is 16.8. The Balaban J connectivity index is 1.83. The molecule has 0 amide bonds. The van der Waals surface area contributed by atoms with E-state index in [-0.39, 0.29) is 18.8 Å². The standard InChI is InChI=1S/C16H21N3O4/c1-3-12(2)13-4-6-16(7-5-13)23-11-15(20)10-18-9-14(8-17-18)19(21)22/h4-9,12,15,20H,3,10-11H2,1-2H3. The number of hydrogen-bond donors (Lipinski definition) is 1. The monoisotopic (exact) mass is 319 g/mol. The number of ether oxygens (including phenoxy) is 1. The van der Waals surface area contributed by atoms with Gasteiger partial charge in [-0.05, 0) is 30.0 Å². The van der Waals surface area contributed by atoms with Crippen molar-refractivity contribution in [1.29, 1.82) is 0 Å². The summed E-state index contributed by atoms with van der Waals surface area (Å²) in [6.45, 7) is 4.54. The van der Waals surface area contributed by atoms with Gasteiger partial charge in [0.15, 0.2) is 0 Å². The lowest BCUT2D eigenvalue weighted by atomic mass is 9.99. The van der Waals surface area contributed by atoms with E-state index in [1.54, 1.807) is 0 Å². The number of aliphatic hydroxyl groups is 1. The van der Waals surface area contributed by atoms with E-state index in [0.29, 0.717) is 11.7 Å². The Morgan fingerprint density at radius 2 is 2.09 bits per heavy atom. The normalized spacial score (nSPS) is 13.5. The average Bonchev–Trinajstić information content (AvgIpc) is 3.01. The van der Waals surface area contributed by atoms with E-state index in [4.69, 9.17) is 4.74 Å². The van der Waals surface area contributed by atoms with E-state index < -0.39 is 11.0 Å². The van der Waals surface area contributed by atoms with Crippen LogP contribution in [0.2, 0.25) is 0 Å². The summed E-state index contributed by atoms with van der Waals surface area (Å²) in [6, 6.07) is 7.80. The summed E-state index contributed by atoms with van der Waals surface area (Å²) in [5.74, 6) is 1.19. The van der Waals surface area contributed by atoms with Gasteiger partial charge in [0.1, 0.15) is 30.9 Å². The van der Waals surface area contributed by atoms with Crippen molar-refractivity contribution < 1.29 is 14.8 Å². The van der Waals surface area contributed by atoms with Crippen molar-refractivity contribution in [2.45, 2.75) is 38.8 Å². The van der Waals surface area contributed by atoms with Gasteiger partial charge < -0.3 is 9.84 Å². The molecule has 0 aliphatic rings. The Bertz CT molecular complexity index is 639. The van der Waals surface area contributed by atoms with Crippen molar-refractivity contribution in [3.8, 4) is 5.75 Å². The van der Waals surface area contributed by atoms with Crippen LogP contribution >= 0.6 is 0 Å². The highest BCUT2D eigenvalue weighted by molar-refractivity contribution is 5.29. The highest BCUT2D eigenvalue weighted by Crippen LogP contribution is 2.21. The van der Waals surface area contributed by atoms with E-state index in [0.717, 1.165) is 12.6 Å². The Kier molecular flexibility index (Phi) is 5.70. The van der Waals surface area contributed by atoms with E-state index in [9.17, 15) is 15.2 Å². The maximum atomic E-state index is 10.6. The fourth-order valence-corrected chi connectivity index (χ4v) is 2.14. The molecule has 0 saturated carbocycles. The number of benzene rings is 1. The molecule has 0 spiro atoms. The first kappa shape index (κ1) is 17.0. The van der Waals surface area contributed by atoms with Gasteiger partial charge in [-0.1, -0.05) is 26.0 Å². The van der Waals surface area contributed by atoms with Crippen LogP contribution in [0, 0.1) is 10.1 Å². The van der Waals surface area contributed by atoms with Gasteiger partial charge in [0.25, 0.3) is 0 Å². The molecule has 124 valence electrons. The van der Waals surface area contributed by atoms with Crippen LogP contribution in [0.5, 0.6) is 5.75 Å². The molecule has 2 aromatic rings. The third-order valence-electron chi connectivity index (χ3n) is 3.73. The lowest BCUT2D eigenvalue weighted by molar-refractivity contribution is -0.385. The smallest absolute Gasteiger partial charge is 0.306 e. The second kappa shape index (κ2) is 7.73. The third kappa shape index (κ3) is 4.79. The molecule has 7 nitrogen and oxygen atoms in total. The van der Waals surface area contributed by atoms with Gasteiger partial charge in [-0.2, -0.15) is 5.10 Å². The summed E-state index contributed by atoms with van der Waals surface area (Å²) in [4.78, 5) is 10.1. The average molecular weight is 319 g/mol. The van der Waals surface area contributed by atoms with Gasteiger partial charge in [0, 0.05) is 0 Å². The predicted octanol–water partition coefficient (Wildman–Crippen LogP) is 2.74. The van der Waals surface area contributed by atoms with E-state index in [1.807, 2.05) is 24.3 Å². The van der Waals surface area contributed by atoms with Gasteiger partial charge in [0.2, 0.25) is 0 Å². The number of aliphatic hydroxyl groups excluding tert-OH is 1. The second-order valence-corrected chi connectivity index (χ2v) is 5.52. The molecule has 1 N–H and O–H groups in total. The first-order valence-corrected chi connectivity index (χ1v) is 7.57. The number of rotatable bonds is 8. The van der Waals surface area contributed by atoms with Gasteiger partial charge in [-0.3, -0.25) is 14.8 Å². The van der Waals surface area contributed by atoms with Crippen LogP contribution in [-0.2, 0) is 6.54 Å². The van der Waals surface area contributed by atoms with Crippen LogP contribution in [0.3, 0.4) is 0 Å². The van der Waals surface area contributed by atoms with Crippen LogP contribution in [0.25, 0.3) is 0 Å². The molecule has 2 unspecified atom stereocenters. The fraction of sp³-hybridized carbons (Fsp3) is 0.438. The highest BCUT2D eigenvalue weighted by atomic mass is 16.6. The molecule has 1 aromatic heterocycles. The maximum Gasteiger partial charge on any atom is 0.306 e. The third-order valence-corrected chi connectivity index (χ3v) is 3.73. The van der Waals surface area contributed by atoms with Crippen LogP contribution < -0.4 is 4.74 Å². The van der Waals surface area contributed by atoms with Gasteiger partial charge in [-0.15, -0.1) is 0 Å². The van der Waals surface area contributed by atoms with Crippen molar-refractivity contribution in [2.24, 2.45) is 0 Å². The zero-order valence-electron chi connectivity index (χ0n) is 13.3. The molecule has 0 aliphatic carbocycles. The minimum absolute atomic E-state index is 0.0936. The van der Waals surface area contributed by atoms with Gasteiger partial charge in [0.05, 0.1) is 11.5 Å². The van der Waals surface area contributed by atoms with Crippen LogP contribution in [0.4, 0.5) is 5.69 Å². The quantitative estimate of drug-likeness (QED) is 0.597. The number of aromatic nitrogens is 2. The van der Waals surface area contributed by atoms with E-state index in [2.05, 4.69) is 18.9 Å². The summed E-state index contributed by atoms with van der Waals surface area (Å²) in [7, 11) is 0. The number of hydrogen-bond acceptors (Lipinski definition) is 5. The first-order valence-electron chi connectivity index (χ1n) is 7.57. The Morgan fingerprint density at radius 3 is 2.65 bits per heavy atom. The van der Waals surface area contributed by atoms with Crippen LogP contribution in [-0.4, -0.2) is 32.5 Å². The lowest BCUT2D eigenvalue weighted by Crippen LogP contribution is -2.23. The van der Waals surface area contributed by atoms with E-state index in [1.165, 1.54) is 16.4 Å². The van der Waals surface area contributed by atoms with Crippen LogP contribution in [0.1, 0.15) is 31.7 Å². The van der Waals surface area contributed by atoms with E-state index >= 15 is 0 Å². The Morgan fingerprint density at radius 1 is 1.39 bits per heavy atom. The summed E-state index contributed by atoms with van der Waals surface area (Å²) in [5, 5.41) is 24.3. The highest BCUT2D eigenvalue weighted by Gasteiger charge is 2.12. The maximum absolute atomic E-state index is 10.6. The van der Waals surface area contributed by atoms with Crippen molar-refractivity contribution >= 4 is 5.69 Å². The molecule has 1 heterocycles. The summed E-state index contributed by atoms with van der Waals surface area (Å²) in [5.41, 5.74) is 1.16. The minimum Gasteiger partial charge on any atom is -0.491 e. The largest absolute Gasteiger partial charge is 0.491 e. The van der Waals surface area contributed by atoms with Crippen LogP contribution in [0.15, 0.2) is 36.7 Å². The molecule has 1 aromatic carbocycles. The Hall–Kier alpha value is -2.41. The van der Waals surface area contributed by atoms with Gasteiger partial charge >= 0.3 is 5.69 Å². The van der Waals surface area contributed by atoms with Crippen molar-refractivity contribution in [1.82, 2.24) is 9.78 Å². The minimum atomic E-state index is -0.802. The molecular formula is C16H21N3O4. The molecule has 0 saturated heterocycles. The fourth-order valence-electron chi connectivity index (χ4n) is 2.14. The Labute approximate surface area is 134 Å². The van der Waals surface area contributed by atoms with Crippen molar-refractivity contribution in [3.05, 3.63) is 52.3 Å². The predicted molar refractivity (Wildman–Crippen MR) is 85.5 cm³/mol.